The first kappa shape index (κ1) is 26.5. The van der Waals surface area contributed by atoms with Crippen LogP contribution in [0.1, 0.15) is 67.7 Å². The van der Waals surface area contributed by atoms with Crippen molar-refractivity contribution in [1.82, 2.24) is 10.2 Å². The average molecular weight is 483 g/mol. The minimum atomic E-state index is -0.819. The van der Waals surface area contributed by atoms with E-state index < -0.39 is 5.97 Å². The van der Waals surface area contributed by atoms with E-state index in [1.54, 1.807) is 7.11 Å². The predicted molar refractivity (Wildman–Crippen MR) is 136 cm³/mol. The van der Waals surface area contributed by atoms with Crippen molar-refractivity contribution >= 4 is 11.9 Å². The van der Waals surface area contributed by atoms with Crippen LogP contribution in [0.5, 0.6) is 11.5 Å². The monoisotopic (exact) mass is 482 g/mol. The standard InChI is InChI=1S/C28H38N2O5/c1-20(2)22-9-11-25(34-3)24(16-22)18-30-17-23-15-21(8-12-28(32)33)7-10-26(23)35-14-6-4-5-13-29-27(31)19-30/h7,9-11,15-16,20H,4-6,8,12-14,17-19H2,1-3H3,(H,29,31)(H,32,33). The van der Waals surface area contributed by atoms with Crippen LogP contribution in [0.25, 0.3) is 0 Å². The van der Waals surface area contributed by atoms with Crippen molar-refractivity contribution in [3.63, 3.8) is 0 Å². The molecule has 0 saturated carbocycles. The maximum atomic E-state index is 12.8. The van der Waals surface area contributed by atoms with Gasteiger partial charge in [0.15, 0.2) is 0 Å². The minimum Gasteiger partial charge on any atom is -0.496 e. The average Bonchev–Trinajstić information content (AvgIpc) is 2.83. The largest absolute Gasteiger partial charge is 0.496 e. The van der Waals surface area contributed by atoms with Crippen molar-refractivity contribution in [3.05, 3.63) is 58.7 Å². The zero-order valence-corrected chi connectivity index (χ0v) is 21.1. The molecule has 0 unspecified atom stereocenters. The smallest absolute Gasteiger partial charge is 0.303 e. The number of nitrogens with zero attached hydrogens (tertiary/aromatic N) is 1. The number of carboxylic acids is 1. The molecule has 0 saturated heterocycles. The lowest BCUT2D eigenvalue weighted by molar-refractivity contribution is -0.137. The summed E-state index contributed by atoms with van der Waals surface area (Å²) in [6.45, 7) is 6.86. The van der Waals surface area contributed by atoms with Gasteiger partial charge >= 0.3 is 5.97 Å². The zero-order chi connectivity index (χ0) is 25.2. The number of fused-ring (bicyclic) bond motifs is 1. The molecule has 1 heterocycles. The van der Waals surface area contributed by atoms with Gasteiger partial charge in [0.2, 0.25) is 5.91 Å². The lowest BCUT2D eigenvalue weighted by atomic mass is 9.99. The Labute approximate surface area is 208 Å². The SMILES string of the molecule is COc1ccc(C(C)C)cc1CN1CC(=O)NCCCCCOc2ccc(CCC(=O)O)cc2C1. The summed E-state index contributed by atoms with van der Waals surface area (Å²) >= 11 is 0. The van der Waals surface area contributed by atoms with Crippen molar-refractivity contribution in [2.24, 2.45) is 0 Å². The summed E-state index contributed by atoms with van der Waals surface area (Å²) in [5, 5.41) is 12.2. The fourth-order valence-corrected chi connectivity index (χ4v) is 4.31. The molecule has 1 aliphatic rings. The van der Waals surface area contributed by atoms with Crippen LogP contribution >= 0.6 is 0 Å². The topological polar surface area (TPSA) is 88.1 Å². The van der Waals surface area contributed by atoms with Gasteiger partial charge in [-0.1, -0.05) is 38.1 Å². The molecule has 1 amide bonds. The molecule has 0 atom stereocenters. The molecule has 35 heavy (non-hydrogen) atoms. The van der Waals surface area contributed by atoms with E-state index in [1.165, 1.54) is 5.56 Å². The van der Waals surface area contributed by atoms with Crippen LogP contribution in [-0.2, 0) is 29.1 Å². The van der Waals surface area contributed by atoms with Crippen molar-refractivity contribution in [3.8, 4) is 11.5 Å². The highest BCUT2D eigenvalue weighted by atomic mass is 16.5. The summed E-state index contributed by atoms with van der Waals surface area (Å²) in [7, 11) is 1.66. The first-order valence-corrected chi connectivity index (χ1v) is 12.5. The van der Waals surface area contributed by atoms with E-state index in [4.69, 9.17) is 14.6 Å². The first-order chi connectivity index (χ1) is 16.9. The Bertz CT molecular complexity index is 1000. The van der Waals surface area contributed by atoms with E-state index in [0.29, 0.717) is 38.6 Å². The third kappa shape index (κ3) is 8.28. The van der Waals surface area contributed by atoms with Crippen LogP contribution in [0.2, 0.25) is 0 Å². The van der Waals surface area contributed by atoms with Crippen LogP contribution in [0.3, 0.4) is 0 Å². The van der Waals surface area contributed by atoms with E-state index in [0.717, 1.165) is 47.5 Å². The number of aryl methyl sites for hydroxylation is 1. The van der Waals surface area contributed by atoms with Gasteiger partial charge in [0.05, 0.1) is 20.3 Å². The molecule has 0 spiro atoms. The number of carbonyl (C=O) groups excluding carboxylic acids is 1. The summed E-state index contributed by atoms with van der Waals surface area (Å²) in [5.74, 6) is 1.14. The maximum absolute atomic E-state index is 12.8. The molecule has 0 bridgehead atoms. The summed E-state index contributed by atoms with van der Waals surface area (Å²) < 4.78 is 11.8. The van der Waals surface area contributed by atoms with Gasteiger partial charge in [-0.3, -0.25) is 14.5 Å². The Balaban J connectivity index is 1.94. The van der Waals surface area contributed by atoms with Gasteiger partial charge in [0, 0.05) is 37.2 Å². The number of carboxylic acid groups (broad SMARTS) is 1. The van der Waals surface area contributed by atoms with Crippen LogP contribution in [0.15, 0.2) is 36.4 Å². The Hall–Kier alpha value is -3.06. The minimum absolute atomic E-state index is 0.00673. The van der Waals surface area contributed by atoms with Gasteiger partial charge in [-0.2, -0.15) is 0 Å². The molecule has 7 nitrogen and oxygen atoms in total. The Kier molecular flexibility index (Phi) is 9.97. The molecule has 0 aliphatic carbocycles. The number of nitrogens with one attached hydrogen (secondary N) is 1. The number of rotatable bonds is 7. The van der Waals surface area contributed by atoms with Gasteiger partial charge in [0.25, 0.3) is 0 Å². The Morgan fingerprint density at radius 2 is 1.97 bits per heavy atom. The van der Waals surface area contributed by atoms with Crippen LogP contribution in [0.4, 0.5) is 0 Å². The lowest BCUT2D eigenvalue weighted by Gasteiger charge is -2.25. The number of carbonyl (C=O) groups is 2. The fourth-order valence-electron chi connectivity index (χ4n) is 4.31. The third-order valence-electron chi connectivity index (χ3n) is 6.28. The highest BCUT2D eigenvalue weighted by molar-refractivity contribution is 5.78. The highest BCUT2D eigenvalue weighted by Gasteiger charge is 2.18. The van der Waals surface area contributed by atoms with Gasteiger partial charge in [0.1, 0.15) is 11.5 Å². The molecule has 7 heteroatoms. The van der Waals surface area contributed by atoms with Crippen LogP contribution in [-0.4, -0.2) is 48.7 Å². The predicted octanol–water partition coefficient (Wildman–Crippen LogP) is 4.52. The molecular weight excluding hydrogens is 444 g/mol. The van der Waals surface area contributed by atoms with E-state index in [-0.39, 0.29) is 18.9 Å². The number of hydrogen-bond donors (Lipinski definition) is 2. The van der Waals surface area contributed by atoms with E-state index in [9.17, 15) is 9.59 Å². The Morgan fingerprint density at radius 3 is 2.71 bits per heavy atom. The quantitative estimate of drug-likeness (QED) is 0.603. The first-order valence-electron chi connectivity index (χ1n) is 12.5. The van der Waals surface area contributed by atoms with Gasteiger partial charge in [-0.25, -0.2) is 0 Å². The molecule has 190 valence electrons. The summed E-state index contributed by atoms with van der Waals surface area (Å²) in [5.41, 5.74) is 4.15. The third-order valence-corrected chi connectivity index (χ3v) is 6.28. The molecule has 0 aromatic heterocycles. The molecular formula is C28H38N2O5. The Morgan fingerprint density at radius 1 is 1.14 bits per heavy atom. The number of methoxy groups -OCH3 is 1. The second-order valence-corrected chi connectivity index (χ2v) is 9.47. The lowest BCUT2D eigenvalue weighted by Crippen LogP contribution is -2.37. The summed E-state index contributed by atoms with van der Waals surface area (Å²) in [6, 6.07) is 12.1. The number of hydrogen-bond acceptors (Lipinski definition) is 5. The normalized spacial score (nSPS) is 15.7. The molecule has 0 radical (unpaired) electrons. The van der Waals surface area contributed by atoms with Crippen molar-refractivity contribution in [2.45, 2.75) is 65.0 Å². The van der Waals surface area contributed by atoms with Crippen LogP contribution in [0, 0.1) is 0 Å². The molecule has 2 N–H and O–H groups in total. The van der Waals surface area contributed by atoms with Crippen molar-refractivity contribution in [1.29, 1.82) is 0 Å². The molecule has 2 aromatic rings. The zero-order valence-electron chi connectivity index (χ0n) is 21.1. The summed E-state index contributed by atoms with van der Waals surface area (Å²) in [4.78, 5) is 26.0. The molecule has 2 aromatic carbocycles. The van der Waals surface area contributed by atoms with Crippen molar-refractivity contribution in [2.75, 3.05) is 26.8 Å². The van der Waals surface area contributed by atoms with E-state index >= 15 is 0 Å². The summed E-state index contributed by atoms with van der Waals surface area (Å²) in [6.07, 6.45) is 3.34. The highest BCUT2D eigenvalue weighted by Crippen LogP contribution is 2.28. The van der Waals surface area contributed by atoms with Gasteiger partial charge in [-0.15, -0.1) is 0 Å². The fraction of sp³-hybridized carbons (Fsp3) is 0.500. The second-order valence-electron chi connectivity index (χ2n) is 9.47. The second kappa shape index (κ2) is 13.1. The molecule has 3 rings (SSSR count). The van der Waals surface area contributed by atoms with Gasteiger partial charge in [-0.05, 0) is 54.9 Å². The van der Waals surface area contributed by atoms with Crippen LogP contribution < -0.4 is 14.8 Å². The number of benzene rings is 2. The number of amides is 1. The van der Waals surface area contributed by atoms with E-state index in [2.05, 4.69) is 36.2 Å². The maximum Gasteiger partial charge on any atom is 0.303 e. The molecule has 1 aliphatic heterocycles. The van der Waals surface area contributed by atoms with E-state index in [1.807, 2.05) is 24.3 Å². The molecule has 0 fully saturated rings. The number of ether oxygens (including phenoxy) is 2. The van der Waals surface area contributed by atoms with Gasteiger partial charge < -0.3 is 19.9 Å². The number of aliphatic carboxylic acids is 1. The van der Waals surface area contributed by atoms with Crippen molar-refractivity contribution < 1.29 is 24.2 Å².